The maximum absolute atomic E-state index is 12.4. The van der Waals surface area contributed by atoms with Crippen molar-refractivity contribution in [1.82, 2.24) is 4.90 Å². The van der Waals surface area contributed by atoms with Crippen LogP contribution in [0.2, 0.25) is 0 Å². The summed E-state index contributed by atoms with van der Waals surface area (Å²) in [6.07, 6.45) is 0. The summed E-state index contributed by atoms with van der Waals surface area (Å²) < 4.78 is 24.7. The molecule has 26 heavy (non-hydrogen) atoms. The Morgan fingerprint density at radius 1 is 1.04 bits per heavy atom. The molecule has 1 N–H and O–H groups in total. The number of nitrogens with zero attached hydrogens (tertiary/aromatic N) is 1. The summed E-state index contributed by atoms with van der Waals surface area (Å²) in [6, 6.07) is 10.6. The highest BCUT2D eigenvalue weighted by atomic mass is 32.2. The lowest BCUT2D eigenvalue weighted by Crippen LogP contribution is -2.26. The van der Waals surface area contributed by atoms with Crippen LogP contribution in [0.1, 0.15) is 26.3 Å². The molecule has 0 saturated heterocycles. The standard InChI is InChI=1S/C18H16N2O5S/c1-11-6-8-12(9-7-11)26(24,25)10-15(21)19-14-5-3-4-13-16(14)18(23)20(2)17(13)22/h3-9H,10H2,1-2H3,(H,19,21). The highest BCUT2D eigenvalue weighted by Crippen LogP contribution is 2.28. The van der Waals surface area contributed by atoms with Crippen molar-refractivity contribution < 1.29 is 22.8 Å². The van der Waals surface area contributed by atoms with Crippen molar-refractivity contribution in [2.75, 3.05) is 18.1 Å². The minimum Gasteiger partial charge on any atom is -0.324 e. The predicted octanol–water partition coefficient (Wildman–Crippen LogP) is 1.63. The third-order valence-corrected chi connectivity index (χ3v) is 5.73. The number of fused-ring (bicyclic) bond motifs is 1. The molecule has 2 aromatic carbocycles. The highest BCUT2D eigenvalue weighted by Gasteiger charge is 2.35. The first kappa shape index (κ1) is 17.8. The van der Waals surface area contributed by atoms with Crippen molar-refractivity contribution in [1.29, 1.82) is 0 Å². The minimum absolute atomic E-state index is 0.0440. The van der Waals surface area contributed by atoms with Crippen LogP contribution in [0.3, 0.4) is 0 Å². The van der Waals surface area contributed by atoms with E-state index in [9.17, 15) is 22.8 Å². The molecule has 3 amide bonds. The van der Waals surface area contributed by atoms with Gasteiger partial charge in [-0.05, 0) is 31.2 Å². The number of hydrogen-bond donors (Lipinski definition) is 1. The number of amides is 3. The van der Waals surface area contributed by atoms with Gasteiger partial charge in [-0.25, -0.2) is 8.42 Å². The Morgan fingerprint density at radius 3 is 2.35 bits per heavy atom. The average molecular weight is 372 g/mol. The zero-order valence-corrected chi connectivity index (χ0v) is 15.0. The van der Waals surface area contributed by atoms with Gasteiger partial charge in [-0.2, -0.15) is 0 Å². The fourth-order valence-corrected chi connectivity index (χ4v) is 3.83. The van der Waals surface area contributed by atoms with E-state index in [1.807, 2.05) is 6.92 Å². The van der Waals surface area contributed by atoms with E-state index >= 15 is 0 Å². The van der Waals surface area contributed by atoms with Crippen LogP contribution in [0.5, 0.6) is 0 Å². The molecule has 0 fully saturated rings. The molecule has 0 atom stereocenters. The van der Waals surface area contributed by atoms with Gasteiger partial charge in [0.1, 0.15) is 5.75 Å². The van der Waals surface area contributed by atoms with E-state index in [2.05, 4.69) is 5.32 Å². The van der Waals surface area contributed by atoms with E-state index in [1.165, 1.54) is 37.4 Å². The topological polar surface area (TPSA) is 101 Å². The summed E-state index contributed by atoms with van der Waals surface area (Å²) in [6.45, 7) is 1.83. The summed E-state index contributed by atoms with van der Waals surface area (Å²) in [5, 5.41) is 2.43. The third-order valence-electron chi connectivity index (χ3n) is 4.09. The fraction of sp³-hybridized carbons (Fsp3) is 0.167. The second kappa shape index (κ2) is 6.38. The molecule has 0 aliphatic carbocycles. The molecule has 3 rings (SSSR count). The van der Waals surface area contributed by atoms with Crippen LogP contribution in [0, 0.1) is 6.92 Å². The van der Waals surface area contributed by atoms with Crippen LogP contribution in [-0.4, -0.2) is 43.8 Å². The first-order chi connectivity index (χ1) is 12.2. The molecule has 8 heteroatoms. The summed E-state index contributed by atoms with van der Waals surface area (Å²) in [4.78, 5) is 37.4. The number of hydrogen-bond acceptors (Lipinski definition) is 5. The summed E-state index contributed by atoms with van der Waals surface area (Å²) in [5.74, 6) is -2.55. The van der Waals surface area contributed by atoms with Gasteiger partial charge in [0.2, 0.25) is 5.91 Å². The lowest BCUT2D eigenvalue weighted by atomic mass is 10.1. The van der Waals surface area contributed by atoms with E-state index in [4.69, 9.17) is 0 Å². The van der Waals surface area contributed by atoms with Gasteiger partial charge in [0.25, 0.3) is 11.8 Å². The zero-order valence-electron chi connectivity index (χ0n) is 14.1. The van der Waals surface area contributed by atoms with Gasteiger partial charge in [-0.3, -0.25) is 19.3 Å². The first-order valence-corrected chi connectivity index (χ1v) is 9.40. The molecule has 1 aliphatic rings. The molecule has 1 heterocycles. The van der Waals surface area contributed by atoms with E-state index < -0.39 is 33.3 Å². The number of carbonyl (C=O) groups excluding carboxylic acids is 3. The van der Waals surface area contributed by atoms with Crippen LogP contribution in [-0.2, 0) is 14.6 Å². The van der Waals surface area contributed by atoms with E-state index in [0.29, 0.717) is 0 Å². The quantitative estimate of drug-likeness (QED) is 0.822. The van der Waals surface area contributed by atoms with Gasteiger partial charge in [0.15, 0.2) is 9.84 Å². The summed E-state index contributed by atoms with van der Waals surface area (Å²) in [5.41, 5.74) is 1.27. The lowest BCUT2D eigenvalue weighted by molar-refractivity contribution is -0.113. The molecule has 0 spiro atoms. The third kappa shape index (κ3) is 3.11. The number of carbonyl (C=O) groups is 3. The van der Waals surface area contributed by atoms with Gasteiger partial charge < -0.3 is 5.32 Å². The van der Waals surface area contributed by atoms with E-state index in [1.54, 1.807) is 12.1 Å². The highest BCUT2D eigenvalue weighted by molar-refractivity contribution is 7.92. The van der Waals surface area contributed by atoms with Crippen molar-refractivity contribution >= 4 is 33.2 Å². The molecule has 7 nitrogen and oxygen atoms in total. The van der Waals surface area contributed by atoms with Gasteiger partial charge in [-0.15, -0.1) is 0 Å². The van der Waals surface area contributed by atoms with Crippen LogP contribution < -0.4 is 5.32 Å². The summed E-state index contributed by atoms with van der Waals surface area (Å²) >= 11 is 0. The average Bonchev–Trinajstić information content (AvgIpc) is 2.80. The molecule has 0 unspecified atom stereocenters. The number of anilines is 1. The van der Waals surface area contributed by atoms with Crippen LogP contribution in [0.4, 0.5) is 5.69 Å². The second-order valence-electron chi connectivity index (χ2n) is 6.02. The number of rotatable bonds is 4. The predicted molar refractivity (Wildman–Crippen MR) is 94.7 cm³/mol. The second-order valence-corrected chi connectivity index (χ2v) is 8.01. The van der Waals surface area contributed by atoms with Crippen molar-refractivity contribution in [2.45, 2.75) is 11.8 Å². The van der Waals surface area contributed by atoms with Crippen LogP contribution >= 0.6 is 0 Å². The Hall–Kier alpha value is -3.00. The molecule has 1 aliphatic heterocycles. The number of sulfone groups is 1. The Bertz CT molecular complexity index is 1030. The van der Waals surface area contributed by atoms with Gasteiger partial charge >= 0.3 is 0 Å². The van der Waals surface area contributed by atoms with Crippen molar-refractivity contribution in [3.8, 4) is 0 Å². The van der Waals surface area contributed by atoms with Crippen molar-refractivity contribution in [3.63, 3.8) is 0 Å². The zero-order chi connectivity index (χ0) is 19.1. The minimum atomic E-state index is -3.82. The number of nitrogens with one attached hydrogen (secondary N) is 1. The molecular formula is C18H16N2O5S. The molecule has 2 aromatic rings. The van der Waals surface area contributed by atoms with E-state index in [-0.39, 0.29) is 21.7 Å². The van der Waals surface area contributed by atoms with Gasteiger partial charge in [-0.1, -0.05) is 23.8 Å². The molecule has 0 saturated carbocycles. The SMILES string of the molecule is Cc1ccc(S(=O)(=O)CC(=O)Nc2cccc3c2C(=O)N(C)C3=O)cc1. The number of imide groups is 1. The Labute approximate surface area is 150 Å². The Morgan fingerprint density at radius 2 is 1.69 bits per heavy atom. The number of benzene rings is 2. The molecule has 0 bridgehead atoms. The maximum atomic E-state index is 12.4. The van der Waals surface area contributed by atoms with Gasteiger partial charge in [0.05, 0.1) is 21.7 Å². The molecule has 0 radical (unpaired) electrons. The van der Waals surface area contributed by atoms with Crippen LogP contribution in [0.25, 0.3) is 0 Å². The van der Waals surface area contributed by atoms with E-state index in [0.717, 1.165) is 10.5 Å². The maximum Gasteiger partial charge on any atom is 0.263 e. The fourth-order valence-electron chi connectivity index (χ4n) is 2.69. The smallest absolute Gasteiger partial charge is 0.263 e. The monoisotopic (exact) mass is 372 g/mol. The normalized spacial score (nSPS) is 13.7. The molecular weight excluding hydrogens is 356 g/mol. The number of aryl methyl sites for hydroxylation is 1. The molecule has 0 aromatic heterocycles. The van der Waals surface area contributed by atoms with Crippen LogP contribution in [0.15, 0.2) is 47.4 Å². The van der Waals surface area contributed by atoms with Gasteiger partial charge in [0, 0.05) is 7.05 Å². The largest absolute Gasteiger partial charge is 0.324 e. The summed E-state index contributed by atoms with van der Waals surface area (Å²) in [7, 11) is -2.47. The molecule has 134 valence electrons. The Kier molecular flexibility index (Phi) is 4.37. The Balaban J connectivity index is 1.83. The van der Waals surface area contributed by atoms with Crippen molar-refractivity contribution in [2.24, 2.45) is 0 Å². The lowest BCUT2D eigenvalue weighted by Gasteiger charge is -2.09. The first-order valence-electron chi connectivity index (χ1n) is 7.75. The van der Waals surface area contributed by atoms with Crippen molar-refractivity contribution in [3.05, 3.63) is 59.2 Å².